The van der Waals surface area contributed by atoms with E-state index in [1.807, 2.05) is 11.9 Å². The van der Waals surface area contributed by atoms with E-state index in [0.717, 1.165) is 13.0 Å². The van der Waals surface area contributed by atoms with Gasteiger partial charge in [0.1, 0.15) is 0 Å². The van der Waals surface area contributed by atoms with Crippen LogP contribution >= 0.6 is 0 Å². The number of rotatable bonds is 3. The zero-order chi connectivity index (χ0) is 14.1. The number of hydrogen-bond donors (Lipinski definition) is 2. The standard InChI is InChI=1S/C12H27N3O2Si/c1-12(2,3)18(5,6)17-9-7-10(11(16)14-13)15(4)8-9/h9-10H,7-8,13H2,1-6H3,(H,14,16)/t9-,10+/m1/s1. The first-order chi connectivity index (χ1) is 8.08. The second kappa shape index (κ2) is 5.28. The van der Waals surface area contributed by atoms with Gasteiger partial charge in [0.25, 0.3) is 5.91 Å². The van der Waals surface area contributed by atoms with E-state index < -0.39 is 8.32 Å². The first-order valence-electron chi connectivity index (χ1n) is 6.47. The average molecular weight is 273 g/mol. The zero-order valence-corrected chi connectivity index (χ0v) is 13.4. The molecule has 106 valence electrons. The SMILES string of the molecule is CN1C[C@H](O[Si](C)(C)C(C)(C)C)C[C@H]1C(=O)NN. The third-order valence-corrected chi connectivity index (χ3v) is 8.76. The van der Waals surface area contributed by atoms with Gasteiger partial charge in [-0.15, -0.1) is 0 Å². The van der Waals surface area contributed by atoms with Crippen LogP contribution in [-0.2, 0) is 9.22 Å². The summed E-state index contributed by atoms with van der Waals surface area (Å²) in [6, 6.07) is -0.162. The van der Waals surface area contributed by atoms with Crippen LogP contribution in [0, 0.1) is 0 Å². The van der Waals surface area contributed by atoms with Gasteiger partial charge in [-0.05, 0) is 31.6 Å². The van der Waals surface area contributed by atoms with E-state index in [1.54, 1.807) is 0 Å². The second-order valence-corrected chi connectivity index (χ2v) is 11.5. The van der Waals surface area contributed by atoms with Gasteiger partial charge in [-0.3, -0.25) is 15.1 Å². The van der Waals surface area contributed by atoms with Crippen LogP contribution in [0.4, 0.5) is 0 Å². The monoisotopic (exact) mass is 273 g/mol. The van der Waals surface area contributed by atoms with Crippen molar-refractivity contribution in [3.63, 3.8) is 0 Å². The van der Waals surface area contributed by atoms with Crippen molar-refractivity contribution in [3.8, 4) is 0 Å². The number of nitrogens with zero attached hydrogens (tertiary/aromatic N) is 1. The third kappa shape index (κ3) is 3.31. The Hall–Kier alpha value is -0.433. The van der Waals surface area contributed by atoms with Crippen LogP contribution in [-0.4, -0.2) is 44.9 Å². The smallest absolute Gasteiger partial charge is 0.251 e. The molecule has 0 spiro atoms. The summed E-state index contributed by atoms with van der Waals surface area (Å²) in [7, 11) is 0.176. The van der Waals surface area contributed by atoms with Crippen molar-refractivity contribution in [3.05, 3.63) is 0 Å². The van der Waals surface area contributed by atoms with Crippen LogP contribution in [0.5, 0.6) is 0 Å². The molecule has 18 heavy (non-hydrogen) atoms. The fourth-order valence-electron chi connectivity index (χ4n) is 2.03. The van der Waals surface area contributed by atoms with E-state index in [2.05, 4.69) is 39.3 Å². The summed E-state index contributed by atoms with van der Waals surface area (Å²) < 4.78 is 6.33. The predicted octanol–water partition coefficient (Wildman–Crippen LogP) is 1.07. The highest BCUT2D eigenvalue weighted by molar-refractivity contribution is 6.74. The summed E-state index contributed by atoms with van der Waals surface area (Å²) in [6.07, 6.45) is 0.865. The van der Waals surface area contributed by atoms with Crippen LogP contribution in [0.3, 0.4) is 0 Å². The maximum Gasteiger partial charge on any atom is 0.251 e. The fraction of sp³-hybridized carbons (Fsp3) is 0.917. The Morgan fingerprint density at radius 2 is 2.00 bits per heavy atom. The van der Waals surface area contributed by atoms with E-state index in [9.17, 15) is 4.79 Å². The Bertz CT molecular complexity index is 315. The summed E-state index contributed by atoms with van der Waals surface area (Å²) in [6.45, 7) is 11.9. The number of likely N-dealkylation sites (tertiary alicyclic amines) is 1. The molecule has 1 aliphatic heterocycles. The molecule has 0 bridgehead atoms. The van der Waals surface area contributed by atoms with Gasteiger partial charge in [0, 0.05) is 6.54 Å². The molecule has 1 aliphatic rings. The molecule has 0 aromatic heterocycles. The number of hydrogen-bond acceptors (Lipinski definition) is 4. The van der Waals surface area contributed by atoms with Crippen molar-refractivity contribution in [2.75, 3.05) is 13.6 Å². The lowest BCUT2D eigenvalue weighted by molar-refractivity contribution is -0.125. The molecule has 6 heteroatoms. The highest BCUT2D eigenvalue weighted by Gasteiger charge is 2.43. The van der Waals surface area contributed by atoms with E-state index in [4.69, 9.17) is 10.3 Å². The zero-order valence-electron chi connectivity index (χ0n) is 12.4. The average Bonchev–Trinajstić information content (AvgIpc) is 2.55. The summed E-state index contributed by atoms with van der Waals surface area (Å²) in [5.41, 5.74) is 2.23. The lowest BCUT2D eigenvalue weighted by Crippen LogP contribution is -2.44. The Balaban J connectivity index is 2.65. The highest BCUT2D eigenvalue weighted by Crippen LogP contribution is 2.38. The van der Waals surface area contributed by atoms with E-state index in [-0.39, 0.29) is 23.1 Å². The van der Waals surface area contributed by atoms with Gasteiger partial charge in [0.05, 0.1) is 12.1 Å². The van der Waals surface area contributed by atoms with Crippen LogP contribution in [0.1, 0.15) is 27.2 Å². The van der Waals surface area contributed by atoms with Gasteiger partial charge in [0.15, 0.2) is 8.32 Å². The summed E-state index contributed by atoms with van der Waals surface area (Å²) in [5.74, 6) is 5.07. The van der Waals surface area contributed by atoms with Crippen LogP contribution in [0.2, 0.25) is 18.1 Å². The molecule has 1 amide bonds. The van der Waals surface area contributed by atoms with Gasteiger partial charge in [0.2, 0.25) is 0 Å². The molecule has 0 unspecified atom stereocenters. The third-order valence-electron chi connectivity index (χ3n) is 4.22. The highest BCUT2D eigenvalue weighted by atomic mass is 28.4. The Morgan fingerprint density at radius 3 is 2.44 bits per heavy atom. The van der Waals surface area contributed by atoms with E-state index in [0.29, 0.717) is 0 Å². The van der Waals surface area contributed by atoms with Crippen molar-refractivity contribution in [2.24, 2.45) is 5.84 Å². The number of hydrazine groups is 1. The number of nitrogens with two attached hydrogens (primary N) is 1. The van der Waals surface area contributed by atoms with Crippen molar-refractivity contribution in [2.45, 2.75) is 57.5 Å². The maximum absolute atomic E-state index is 11.6. The molecule has 3 N–H and O–H groups in total. The van der Waals surface area contributed by atoms with Gasteiger partial charge >= 0.3 is 0 Å². The van der Waals surface area contributed by atoms with E-state index >= 15 is 0 Å². The van der Waals surface area contributed by atoms with Crippen molar-refractivity contribution < 1.29 is 9.22 Å². The molecule has 0 saturated carbocycles. The Kier molecular flexibility index (Phi) is 4.59. The Morgan fingerprint density at radius 1 is 1.44 bits per heavy atom. The lowest BCUT2D eigenvalue weighted by atomic mass is 10.2. The van der Waals surface area contributed by atoms with Crippen molar-refractivity contribution in [1.82, 2.24) is 10.3 Å². The minimum Gasteiger partial charge on any atom is -0.413 e. The predicted molar refractivity (Wildman–Crippen MR) is 75.4 cm³/mol. The van der Waals surface area contributed by atoms with Gasteiger partial charge in [-0.25, -0.2) is 5.84 Å². The normalized spacial score (nSPS) is 26.4. The number of likely N-dealkylation sites (N-methyl/N-ethyl adjacent to an activating group) is 1. The van der Waals surface area contributed by atoms with Crippen LogP contribution in [0.25, 0.3) is 0 Å². The molecular weight excluding hydrogens is 246 g/mol. The summed E-state index contributed by atoms with van der Waals surface area (Å²) in [5, 5.41) is 0.194. The number of carbonyl (C=O) groups excluding carboxylic acids is 1. The number of carbonyl (C=O) groups is 1. The summed E-state index contributed by atoms with van der Waals surface area (Å²) >= 11 is 0. The minimum atomic E-state index is -1.76. The largest absolute Gasteiger partial charge is 0.413 e. The fourth-order valence-corrected chi connectivity index (χ4v) is 3.39. The number of amides is 1. The van der Waals surface area contributed by atoms with Gasteiger partial charge in [-0.2, -0.15) is 0 Å². The first-order valence-corrected chi connectivity index (χ1v) is 9.38. The maximum atomic E-state index is 11.6. The second-order valence-electron chi connectivity index (χ2n) is 6.70. The molecule has 1 fully saturated rings. The summed E-state index contributed by atoms with van der Waals surface area (Å²) in [4.78, 5) is 13.6. The number of nitrogens with one attached hydrogen (secondary N) is 1. The molecule has 2 atom stereocenters. The van der Waals surface area contributed by atoms with E-state index in [1.165, 1.54) is 0 Å². The molecule has 0 radical (unpaired) electrons. The van der Waals surface area contributed by atoms with Gasteiger partial charge in [-0.1, -0.05) is 20.8 Å². The molecule has 0 aliphatic carbocycles. The van der Waals surface area contributed by atoms with Crippen molar-refractivity contribution >= 4 is 14.2 Å². The quantitative estimate of drug-likeness (QED) is 0.349. The van der Waals surface area contributed by atoms with Crippen LogP contribution in [0.15, 0.2) is 0 Å². The van der Waals surface area contributed by atoms with Crippen LogP contribution < -0.4 is 11.3 Å². The van der Waals surface area contributed by atoms with Gasteiger partial charge < -0.3 is 4.43 Å². The van der Waals surface area contributed by atoms with Crippen molar-refractivity contribution in [1.29, 1.82) is 0 Å². The molecule has 5 nitrogen and oxygen atoms in total. The molecule has 1 saturated heterocycles. The topological polar surface area (TPSA) is 67.6 Å². The molecular formula is C12H27N3O2Si. The molecule has 1 rings (SSSR count). The lowest BCUT2D eigenvalue weighted by Gasteiger charge is -2.38. The minimum absolute atomic E-state index is 0.126. The molecule has 1 heterocycles. The Labute approximate surface area is 111 Å². The molecule has 0 aromatic carbocycles. The first kappa shape index (κ1) is 15.6. The molecule has 0 aromatic rings.